The van der Waals surface area contributed by atoms with Crippen LogP contribution in [0.5, 0.6) is 5.75 Å². The van der Waals surface area contributed by atoms with Crippen LogP contribution < -0.4 is 10.1 Å². The summed E-state index contributed by atoms with van der Waals surface area (Å²) in [7, 11) is 0. The highest BCUT2D eigenvalue weighted by atomic mass is 16.5. The van der Waals surface area contributed by atoms with E-state index in [1.807, 2.05) is 23.1 Å². The Labute approximate surface area is 168 Å². The van der Waals surface area contributed by atoms with Gasteiger partial charge in [0.1, 0.15) is 12.4 Å². The lowest BCUT2D eigenvalue weighted by Gasteiger charge is -2.26. The first kappa shape index (κ1) is 20.3. The maximum atomic E-state index is 12.2. The van der Waals surface area contributed by atoms with Gasteiger partial charge in [-0.15, -0.1) is 0 Å². The zero-order chi connectivity index (χ0) is 19.8. The number of nitrogens with one attached hydrogen (secondary N) is 1. The van der Waals surface area contributed by atoms with E-state index in [1.165, 1.54) is 12.0 Å². The number of pyridine rings is 1. The molecule has 1 saturated heterocycles. The molecular weight excluding hydrogens is 350 g/mol. The van der Waals surface area contributed by atoms with Crippen LogP contribution in [0.4, 0.5) is 0 Å². The fourth-order valence-electron chi connectivity index (χ4n) is 3.73. The molecule has 0 aliphatic carbocycles. The van der Waals surface area contributed by atoms with Crippen LogP contribution in [0.2, 0.25) is 0 Å². The summed E-state index contributed by atoms with van der Waals surface area (Å²) in [5.41, 5.74) is 4.38. The molecule has 5 nitrogen and oxygen atoms in total. The van der Waals surface area contributed by atoms with Gasteiger partial charge in [0.05, 0.1) is 5.69 Å². The van der Waals surface area contributed by atoms with Crippen LogP contribution >= 0.6 is 0 Å². The van der Waals surface area contributed by atoms with Gasteiger partial charge in [-0.25, -0.2) is 0 Å². The molecule has 1 aromatic heterocycles. The van der Waals surface area contributed by atoms with Gasteiger partial charge >= 0.3 is 0 Å². The van der Waals surface area contributed by atoms with Crippen molar-refractivity contribution in [3.05, 3.63) is 58.9 Å². The third-order valence-electron chi connectivity index (χ3n) is 5.16. The Morgan fingerprint density at radius 3 is 2.57 bits per heavy atom. The maximum Gasteiger partial charge on any atom is 0.223 e. The normalized spacial score (nSPS) is 14.1. The monoisotopic (exact) mass is 381 g/mol. The average Bonchev–Trinajstić information content (AvgIpc) is 2.72. The maximum absolute atomic E-state index is 12.2. The number of carbonyl (C=O) groups is 1. The van der Waals surface area contributed by atoms with E-state index in [9.17, 15) is 4.79 Å². The number of rotatable bonds is 8. The lowest BCUT2D eigenvalue weighted by atomic mass is 10.1. The van der Waals surface area contributed by atoms with Gasteiger partial charge in [0.15, 0.2) is 0 Å². The fraction of sp³-hybridized carbons (Fsp3) is 0.478. The lowest BCUT2D eigenvalue weighted by molar-refractivity contribution is -0.131. The molecule has 3 rings (SSSR count). The lowest BCUT2D eigenvalue weighted by Crippen LogP contribution is -2.37. The molecule has 0 atom stereocenters. The molecule has 150 valence electrons. The molecule has 0 unspecified atom stereocenters. The first-order valence-corrected chi connectivity index (χ1v) is 10.2. The molecule has 1 aliphatic rings. The van der Waals surface area contributed by atoms with Gasteiger partial charge in [-0.3, -0.25) is 9.78 Å². The predicted octanol–water partition coefficient (Wildman–Crippen LogP) is 3.77. The molecule has 0 saturated carbocycles. The molecule has 1 N–H and O–H groups in total. The molecule has 0 radical (unpaired) electrons. The van der Waals surface area contributed by atoms with Gasteiger partial charge in [0.2, 0.25) is 5.91 Å². The summed E-state index contributed by atoms with van der Waals surface area (Å²) in [6.07, 6.45) is 5.90. The molecule has 1 aromatic carbocycles. The van der Waals surface area contributed by atoms with Crippen molar-refractivity contribution >= 4 is 5.91 Å². The van der Waals surface area contributed by atoms with Crippen LogP contribution in [-0.4, -0.2) is 35.4 Å². The van der Waals surface area contributed by atoms with E-state index < -0.39 is 0 Å². The Kier molecular flexibility index (Phi) is 7.43. The summed E-state index contributed by atoms with van der Waals surface area (Å²) in [5, 5.41) is 3.41. The van der Waals surface area contributed by atoms with E-state index in [4.69, 9.17) is 4.74 Å². The Morgan fingerprint density at radius 1 is 1.14 bits per heavy atom. The Bertz CT molecular complexity index is 748. The topological polar surface area (TPSA) is 54.5 Å². The van der Waals surface area contributed by atoms with Crippen molar-refractivity contribution in [2.45, 2.75) is 52.7 Å². The van der Waals surface area contributed by atoms with E-state index in [2.05, 4.69) is 36.3 Å². The smallest absolute Gasteiger partial charge is 0.223 e. The quantitative estimate of drug-likeness (QED) is 0.707. The molecule has 1 amide bonds. The van der Waals surface area contributed by atoms with E-state index in [1.54, 1.807) is 6.20 Å². The summed E-state index contributed by atoms with van der Waals surface area (Å²) < 4.78 is 6.00. The van der Waals surface area contributed by atoms with Crippen LogP contribution in [0.25, 0.3) is 0 Å². The van der Waals surface area contributed by atoms with E-state index >= 15 is 0 Å². The molecule has 1 aliphatic heterocycles. The van der Waals surface area contributed by atoms with Crippen molar-refractivity contribution < 1.29 is 9.53 Å². The summed E-state index contributed by atoms with van der Waals surface area (Å²) in [6, 6.07) is 10.1. The number of benzene rings is 1. The number of aromatic nitrogens is 1. The predicted molar refractivity (Wildman–Crippen MR) is 111 cm³/mol. The highest BCUT2D eigenvalue weighted by Gasteiger charge is 2.15. The molecule has 2 heterocycles. The van der Waals surface area contributed by atoms with Crippen molar-refractivity contribution in [3.63, 3.8) is 0 Å². The minimum absolute atomic E-state index is 0.276. The van der Waals surface area contributed by atoms with Gasteiger partial charge in [-0.2, -0.15) is 0 Å². The Morgan fingerprint density at radius 2 is 1.89 bits per heavy atom. The van der Waals surface area contributed by atoms with Gasteiger partial charge in [-0.05, 0) is 61.9 Å². The van der Waals surface area contributed by atoms with E-state index in [-0.39, 0.29) is 5.91 Å². The Balaban J connectivity index is 1.46. The second-order valence-electron chi connectivity index (χ2n) is 7.54. The number of nitrogens with zero attached hydrogens (tertiary/aromatic N) is 2. The van der Waals surface area contributed by atoms with Gasteiger partial charge in [0, 0.05) is 38.8 Å². The number of aryl methyl sites for hydroxylation is 2. The van der Waals surface area contributed by atoms with Gasteiger partial charge in [0.25, 0.3) is 0 Å². The van der Waals surface area contributed by atoms with Crippen molar-refractivity contribution in [2.24, 2.45) is 0 Å². The Hall–Kier alpha value is -2.40. The number of likely N-dealkylation sites (tertiary alicyclic amines) is 1. The van der Waals surface area contributed by atoms with Crippen LogP contribution in [-0.2, 0) is 17.9 Å². The van der Waals surface area contributed by atoms with Crippen molar-refractivity contribution in [2.75, 3.05) is 19.6 Å². The van der Waals surface area contributed by atoms with Gasteiger partial charge in [-0.1, -0.05) is 18.2 Å². The van der Waals surface area contributed by atoms with Crippen LogP contribution in [0, 0.1) is 13.8 Å². The molecule has 0 bridgehead atoms. The van der Waals surface area contributed by atoms with Crippen molar-refractivity contribution in [3.8, 4) is 5.75 Å². The van der Waals surface area contributed by atoms with Gasteiger partial charge < -0.3 is 15.0 Å². The molecule has 28 heavy (non-hydrogen) atoms. The van der Waals surface area contributed by atoms with E-state index in [0.717, 1.165) is 55.0 Å². The first-order chi connectivity index (χ1) is 13.6. The zero-order valence-corrected chi connectivity index (χ0v) is 17.0. The summed E-state index contributed by atoms with van der Waals surface area (Å²) in [6.45, 7) is 7.95. The SMILES string of the molecule is Cc1cc(CNCCC(=O)N2CCCCC2)cc(C)c1OCc1ccccn1. The second kappa shape index (κ2) is 10.2. The number of hydrogen-bond acceptors (Lipinski definition) is 4. The van der Waals surface area contributed by atoms with Crippen LogP contribution in [0.1, 0.15) is 48.1 Å². The summed E-state index contributed by atoms with van der Waals surface area (Å²) >= 11 is 0. The third kappa shape index (κ3) is 5.80. The van der Waals surface area contributed by atoms with E-state index in [0.29, 0.717) is 19.6 Å². The number of hydrogen-bond donors (Lipinski definition) is 1. The molecular formula is C23H31N3O2. The number of ether oxygens (including phenoxy) is 1. The molecule has 1 fully saturated rings. The van der Waals surface area contributed by atoms with Crippen molar-refractivity contribution in [1.82, 2.24) is 15.2 Å². The standard InChI is InChI=1S/C23H31N3O2/c1-18-14-20(16-24-11-9-22(27)26-12-6-3-7-13-26)15-19(2)23(18)28-17-21-8-4-5-10-25-21/h4-5,8,10,14-15,24H,3,6-7,9,11-13,16-17H2,1-2H3. The van der Waals surface area contributed by atoms with Crippen LogP contribution in [0.3, 0.4) is 0 Å². The highest BCUT2D eigenvalue weighted by molar-refractivity contribution is 5.76. The van der Waals surface area contributed by atoms with Crippen molar-refractivity contribution in [1.29, 1.82) is 0 Å². The zero-order valence-electron chi connectivity index (χ0n) is 17.0. The number of piperidine rings is 1. The summed E-state index contributed by atoms with van der Waals surface area (Å²) in [4.78, 5) is 18.5. The van der Waals surface area contributed by atoms with Crippen LogP contribution in [0.15, 0.2) is 36.5 Å². The fourth-order valence-corrected chi connectivity index (χ4v) is 3.73. The minimum atomic E-state index is 0.276. The molecule has 5 heteroatoms. The largest absolute Gasteiger partial charge is 0.487 e. The second-order valence-corrected chi connectivity index (χ2v) is 7.54. The molecule has 2 aromatic rings. The number of amides is 1. The average molecular weight is 382 g/mol. The first-order valence-electron chi connectivity index (χ1n) is 10.2. The molecule has 0 spiro atoms. The number of carbonyl (C=O) groups excluding carboxylic acids is 1. The summed E-state index contributed by atoms with van der Waals surface area (Å²) in [5.74, 6) is 1.20. The minimum Gasteiger partial charge on any atom is -0.487 e. The third-order valence-corrected chi connectivity index (χ3v) is 5.16. The highest BCUT2D eigenvalue weighted by Crippen LogP contribution is 2.25.